The Hall–Kier alpha value is -3.87. The van der Waals surface area contributed by atoms with Crippen molar-refractivity contribution < 1.29 is 23.8 Å². The monoisotopic (exact) mass is 390 g/mol. The Morgan fingerprint density at radius 3 is 2.48 bits per heavy atom. The second-order valence-corrected chi connectivity index (χ2v) is 6.52. The Bertz CT molecular complexity index is 1060. The first-order chi connectivity index (χ1) is 14.1. The number of aromatic nitrogens is 1. The van der Waals surface area contributed by atoms with Crippen molar-refractivity contribution in [3.05, 3.63) is 89.6 Å². The number of hydrogen-bond acceptors (Lipinski definition) is 6. The van der Waals surface area contributed by atoms with E-state index in [0.29, 0.717) is 22.6 Å². The highest BCUT2D eigenvalue weighted by molar-refractivity contribution is 6.46. The molecule has 1 fully saturated rings. The summed E-state index contributed by atoms with van der Waals surface area (Å²) >= 11 is 0. The second-order valence-electron chi connectivity index (χ2n) is 6.52. The number of benzene rings is 1. The number of ether oxygens (including phenoxy) is 1. The number of rotatable bonds is 5. The third-order valence-electron chi connectivity index (χ3n) is 4.83. The highest BCUT2D eigenvalue weighted by Gasteiger charge is 2.46. The van der Waals surface area contributed by atoms with Crippen LogP contribution < -0.4 is 4.74 Å². The summed E-state index contributed by atoms with van der Waals surface area (Å²) in [7, 11) is 1.56. The number of aliphatic hydroxyl groups is 1. The van der Waals surface area contributed by atoms with Gasteiger partial charge in [-0.05, 0) is 42.0 Å². The van der Waals surface area contributed by atoms with Crippen LogP contribution >= 0.6 is 0 Å². The highest BCUT2D eigenvalue weighted by atomic mass is 16.5. The largest absolute Gasteiger partial charge is 0.507 e. The fourth-order valence-corrected chi connectivity index (χ4v) is 3.41. The number of methoxy groups -OCH3 is 1. The van der Waals surface area contributed by atoms with E-state index in [0.717, 1.165) is 0 Å². The summed E-state index contributed by atoms with van der Waals surface area (Å²) in [6.45, 7) is 0.0986. The minimum atomic E-state index is -0.765. The number of carbonyl (C=O) groups is 2. The van der Waals surface area contributed by atoms with Crippen molar-refractivity contribution in [2.45, 2.75) is 12.6 Å². The number of hydrogen-bond donors (Lipinski definition) is 1. The standard InChI is InChI=1S/C22H18N2O5/c1-28-16-6-4-14(5-7-16)19-18(20(25)15-8-10-23-11-9-15)21(26)22(27)24(19)13-17-3-2-12-29-17/h2-12,19,25H,13H2,1H3. The third kappa shape index (κ3) is 3.38. The van der Waals surface area contributed by atoms with Crippen LogP contribution in [-0.4, -0.2) is 33.8 Å². The van der Waals surface area contributed by atoms with Crippen LogP contribution in [-0.2, 0) is 16.1 Å². The summed E-state index contributed by atoms with van der Waals surface area (Å²) < 4.78 is 10.6. The van der Waals surface area contributed by atoms with Gasteiger partial charge in [0.2, 0.25) is 0 Å². The third-order valence-corrected chi connectivity index (χ3v) is 4.83. The van der Waals surface area contributed by atoms with Crippen LogP contribution in [0.3, 0.4) is 0 Å². The topological polar surface area (TPSA) is 92.9 Å². The molecule has 3 heterocycles. The van der Waals surface area contributed by atoms with E-state index in [1.807, 2.05) is 0 Å². The highest BCUT2D eigenvalue weighted by Crippen LogP contribution is 2.40. The van der Waals surface area contributed by atoms with Gasteiger partial charge in [0.15, 0.2) is 0 Å². The first-order valence-electron chi connectivity index (χ1n) is 8.95. The normalized spacial score (nSPS) is 18.2. The number of pyridine rings is 1. The van der Waals surface area contributed by atoms with E-state index in [-0.39, 0.29) is 17.9 Å². The van der Waals surface area contributed by atoms with Gasteiger partial charge in [-0.25, -0.2) is 0 Å². The van der Waals surface area contributed by atoms with Crippen LogP contribution in [0.5, 0.6) is 5.75 Å². The molecule has 1 saturated heterocycles. The van der Waals surface area contributed by atoms with E-state index in [1.165, 1.54) is 23.6 Å². The number of Topliss-reactive ketones (excluding diaryl/α,β-unsaturated/α-hetero) is 1. The molecule has 1 aromatic carbocycles. The fourth-order valence-electron chi connectivity index (χ4n) is 3.41. The van der Waals surface area contributed by atoms with Gasteiger partial charge in [0.1, 0.15) is 17.3 Å². The van der Waals surface area contributed by atoms with Gasteiger partial charge in [-0.15, -0.1) is 0 Å². The number of nitrogens with zero attached hydrogens (tertiary/aromatic N) is 2. The molecule has 1 unspecified atom stereocenters. The molecule has 29 heavy (non-hydrogen) atoms. The van der Waals surface area contributed by atoms with Crippen molar-refractivity contribution in [2.75, 3.05) is 7.11 Å². The van der Waals surface area contributed by atoms with Gasteiger partial charge < -0.3 is 19.2 Å². The van der Waals surface area contributed by atoms with Gasteiger partial charge >= 0.3 is 0 Å². The minimum Gasteiger partial charge on any atom is -0.507 e. The Morgan fingerprint density at radius 1 is 1.14 bits per heavy atom. The van der Waals surface area contributed by atoms with Crippen LogP contribution in [0.4, 0.5) is 0 Å². The Balaban J connectivity index is 1.85. The van der Waals surface area contributed by atoms with Crippen molar-refractivity contribution in [1.82, 2.24) is 9.88 Å². The Morgan fingerprint density at radius 2 is 1.86 bits per heavy atom. The van der Waals surface area contributed by atoms with Gasteiger partial charge in [0.25, 0.3) is 11.7 Å². The maximum atomic E-state index is 12.9. The molecule has 1 N–H and O–H groups in total. The molecule has 0 aliphatic carbocycles. The summed E-state index contributed by atoms with van der Waals surface area (Å²) in [5.74, 6) is -0.502. The molecule has 2 aromatic heterocycles. The molecular weight excluding hydrogens is 372 g/mol. The molecule has 0 radical (unpaired) electrons. The average molecular weight is 390 g/mol. The van der Waals surface area contributed by atoms with Gasteiger partial charge in [0.05, 0.1) is 31.5 Å². The zero-order chi connectivity index (χ0) is 20.4. The van der Waals surface area contributed by atoms with Crippen LogP contribution in [0.1, 0.15) is 22.9 Å². The van der Waals surface area contributed by atoms with Gasteiger partial charge in [-0.2, -0.15) is 0 Å². The number of furan rings is 1. The van der Waals surface area contributed by atoms with E-state index >= 15 is 0 Å². The van der Waals surface area contributed by atoms with Gasteiger partial charge in [-0.3, -0.25) is 14.6 Å². The van der Waals surface area contributed by atoms with E-state index in [1.54, 1.807) is 55.6 Å². The second kappa shape index (κ2) is 7.63. The maximum Gasteiger partial charge on any atom is 0.296 e. The molecule has 146 valence electrons. The lowest BCUT2D eigenvalue weighted by molar-refractivity contribution is -0.140. The van der Waals surface area contributed by atoms with Crippen molar-refractivity contribution >= 4 is 17.4 Å². The van der Waals surface area contributed by atoms with Gasteiger partial charge in [-0.1, -0.05) is 12.1 Å². The van der Waals surface area contributed by atoms with E-state index in [4.69, 9.17) is 9.15 Å². The summed E-state index contributed by atoms with van der Waals surface area (Å²) in [6.07, 6.45) is 4.53. The molecule has 0 saturated carbocycles. The summed E-state index contributed by atoms with van der Waals surface area (Å²) in [4.78, 5) is 31.0. The fraction of sp³-hybridized carbons (Fsp3) is 0.136. The molecule has 0 spiro atoms. The van der Waals surface area contributed by atoms with Crippen molar-refractivity contribution in [3.8, 4) is 5.75 Å². The predicted octanol–water partition coefficient (Wildman–Crippen LogP) is 3.31. The van der Waals surface area contributed by atoms with Crippen molar-refractivity contribution in [3.63, 3.8) is 0 Å². The average Bonchev–Trinajstić information content (AvgIpc) is 3.36. The number of ketones is 1. The maximum absolute atomic E-state index is 12.9. The zero-order valence-electron chi connectivity index (χ0n) is 15.6. The molecule has 7 heteroatoms. The van der Waals surface area contributed by atoms with Crippen LogP contribution in [0, 0.1) is 0 Å². The van der Waals surface area contributed by atoms with E-state index in [2.05, 4.69) is 4.98 Å². The summed E-state index contributed by atoms with van der Waals surface area (Å²) in [5, 5.41) is 10.9. The summed E-state index contributed by atoms with van der Waals surface area (Å²) in [5.41, 5.74) is 1.11. The number of likely N-dealkylation sites (tertiary alicyclic amines) is 1. The molecule has 1 amide bonds. The first kappa shape index (κ1) is 18.5. The Kier molecular flexibility index (Phi) is 4.87. The zero-order valence-corrected chi connectivity index (χ0v) is 15.6. The molecule has 7 nitrogen and oxygen atoms in total. The number of aliphatic hydroxyl groups excluding tert-OH is 1. The SMILES string of the molecule is COc1ccc(C2C(=C(O)c3ccncc3)C(=O)C(=O)N2Cc2ccco2)cc1. The molecule has 4 rings (SSSR count). The van der Waals surface area contributed by atoms with Crippen LogP contribution in [0.2, 0.25) is 0 Å². The summed E-state index contributed by atoms with van der Waals surface area (Å²) in [6, 6.07) is 12.9. The Labute approximate surface area is 166 Å². The van der Waals surface area contributed by atoms with Crippen LogP contribution in [0.15, 0.2) is 77.2 Å². The molecule has 1 aliphatic rings. The lowest BCUT2D eigenvalue weighted by atomic mass is 9.95. The lowest BCUT2D eigenvalue weighted by Crippen LogP contribution is -2.29. The predicted molar refractivity (Wildman–Crippen MR) is 104 cm³/mol. The number of carbonyl (C=O) groups excluding carboxylic acids is 2. The molecular formula is C22H18N2O5. The van der Waals surface area contributed by atoms with E-state index in [9.17, 15) is 14.7 Å². The van der Waals surface area contributed by atoms with Crippen molar-refractivity contribution in [2.24, 2.45) is 0 Å². The van der Waals surface area contributed by atoms with Gasteiger partial charge in [0, 0.05) is 18.0 Å². The molecule has 3 aromatic rings. The smallest absolute Gasteiger partial charge is 0.296 e. The van der Waals surface area contributed by atoms with E-state index < -0.39 is 17.7 Å². The first-order valence-corrected chi connectivity index (χ1v) is 8.95. The minimum absolute atomic E-state index is 0.0259. The molecule has 1 atom stereocenters. The lowest BCUT2D eigenvalue weighted by Gasteiger charge is -2.24. The quantitative estimate of drug-likeness (QED) is 0.408. The molecule has 0 bridgehead atoms. The van der Waals surface area contributed by atoms with Crippen molar-refractivity contribution in [1.29, 1.82) is 0 Å². The number of amides is 1. The molecule has 1 aliphatic heterocycles. The van der Waals surface area contributed by atoms with Crippen LogP contribution in [0.25, 0.3) is 5.76 Å².